The number of benzene rings is 2. The van der Waals surface area contributed by atoms with Gasteiger partial charge in [0.25, 0.3) is 11.4 Å². The lowest BCUT2D eigenvalue weighted by molar-refractivity contribution is -0.385. The molecule has 13 heteroatoms. The molecule has 0 amide bonds. The van der Waals surface area contributed by atoms with E-state index < -0.39 is 9.85 Å². The van der Waals surface area contributed by atoms with Crippen LogP contribution in [-0.4, -0.2) is 58.7 Å². The highest BCUT2D eigenvalue weighted by Crippen LogP contribution is 2.30. The molecule has 0 saturated carbocycles. The van der Waals surface area contributed by atoms with Crippen LogP contribution in [0.2, 0.25) is 0 Å². The van der Waals surface area contributed by atoms with Gasteiger partial charge in [0.05, 0.1) is 50.2 Å². The molecule has 2 saturated heterocycles. The topological polar surface area (TPSA) is 154 Å². The first-order chi connectivity index (χ1) is 16.7. The number of hydrogen-bond donors (Lipinski definition) is 2. The molecular weight excluding hydrogens is 596 g/mol. The molecule has 2 aromatic rings. The number of nitrogens with zero attached hydrogens (tertiary/aromatic N) is 2. The molecule has 0 unspecified atom stereocenters. The van der Waals surface area contributed by atoms with Gasteiger partial charge in [0, 0.05) is 26.1 Å². The molecular formula is C22H26Br2N2O9. The van der Waals surface area contributed by atoms with Gasteiger partial charge in [0.15, 0.2) is 0 Å². The van der Waals surface area contributed by atoms with E-state index in [1.165, 1.54) is 18.2 Å². The summed E-state index contributed by atoms with van der Waals surface area (Å²) >= 11 is 6.12. The first kappa shape index (κ1) is 28.9. The first-order valence-electron chi connectivity index (χ1n) is 10.7. The number of nitro benzene ring substituents is 2. The van der Waals surface area contributed by atoms with Crippen LogP contribution in [0.5, 0.6) is 11.5 Å². The van der Waals surface area contributed by atoms with Crippen LogP contribution < -0.4 is 4.74 Å². The van der Waals surface area contributed by atoms with Crippen molar-refractivity contribution in [1.29, 1.82) is 0 Å². The van der Waals surface area contributed by atoms with Crippen molar-refractivity contribution in [2.45, 2.75) is 37.9 Å². The largest absolute Gasteiger partial charge is 0.508 e. The lowest BCUT2D eigenvalue weighted by Crippen LogP contribution is -2.25. The quantitative estimate of drug-likeness (QED) is 0.349. The predicted molar refractivity (Wildman–Crippen MR) is 134 cm³/mol. The molecule has 0 radical (unpaired) electrons. The number of aliphatic hydroxyl groups is 1. The van der Waals surface area contributed by atoms with Crippen LogP contribution in [0.1, 0.15) is 25.7 Å². The van der Waals surface area contributed by atoms with Gasteiger partial charge in [-0.15, -0.1) is 0 Å². The molecule has 2 aliphatic rings. The molecule has 0 spiro atoms. The molecule has 2 fully saturated rings. The Hall–Kier alpha value is -2.32. The van der Waals surface area contributed by atoms with Gasteiger partial charge in [-0.2, -0.15) is 0 Å². The molecule has 0 atom stereocenters. The van der Waals surface area contributed by atoms with E-state index >= 15 is 0 Å². The van der Waals surface area contributed by atoms with Gasteiger partial charge >= 0.3 is 0 Å². The number of aromatic hydroxyl groups is 1. The van der Waals surface area contributed by atoms with Crippen LogP contribution in [0.3, 0.4) is 0 Å². The zero-order valence-corrected chi connectivity index (χ0v) is 21.9. The number of phenols is 1. The molecule has 35 heavy (non-hydrogen) atoms. The second-order valence-electron chi connectivity index (χ2n) is 7.54. The zero-order valence-electron chi connectivity index (χ0n) is 18.7. The summed E-state index contributed by atoms with van der Waals surface area (Å²) in [5.41, 5.74) is -0.112. The van der Waals surface area contributed by atoms with E-state index in [9.17, 15) is 20.2 Å². The monoisotopic (exact) mass is 620 g/mol. The van der Waals surface area contributed by atoms with Crippen LogP contribution in [0, 0.1) is 20.2 Å². The highest BCUT2D eigenvalue weighted by atomic mass is 79.9. The lowest BCUT2D eigenvalue weighted by Gasteiger charge is -2.23. The van der Waals surface area contributed by atoms with Gasteiger partial charge in [-0.25, -0.2) is 0 Å². The van der Waals surface area contributed by atoms with E-state index in [0.717, 1.165) is 45.0 Å². The first-order valence-corrected chi connectivity index (χ1v) is 12.3. The maximum Gasteiger partial charge on any atom is 0.287 e. The van der Waals surface area contributed by atoms with Crippen molar-refractivity contribution < 1.29 is 34.3 Å². The Labute approximate surface area is 218 Å². The van der Waals surface area contributed by atoms with Crippen molar-refractivity contribution in [3.05, 3.63) is 65.6 Å². The summed E-state index contributed by atoms with van der Waals surface area (Å²) in [6.45, 7) is 2.84. The molecule has 2 heterocycles. The van der Waals surface area contributed by atoms with E-state index in [1.54, 1.807) is 12.1 Å². The second kappa shape index (κ2) is 14.9. The van der Waals surface area contributed by atoms with E-state index in [4.69, 9.17) is 24.4 Å². The standard InChI is InChI=1S/C11H12BrNO4.C6H4BrNO3.C5H10O2/c12-10-2-1-9(7-11(10)13(14)15)17-8-3-5-16-6-4-8;7-5-2-1-4(9)3-6(5)8(10)11;6-5-1-3-7-4-2-5/h1-2,7-8H,3-6H2;1-3,9H;5-6H,1-4H2. The lowest BCUT2D eigenvalue weighted by atomic mass is 10.1. The summed E-state index contributed by atoms with van der Waals surface area (Å²) in [7, 11) is 0. The van der Waals surface area contributed by atoms with Crippen molar-refractivity contribution >= 4 is 43.2 Å². The highest BCUT2D eigenvalue weighted by molar-refractivity contribution is 9.11. The molecule has 11 nitrogen and oxygen atoms in total. The van der Waals surface area contributed by atoms with Gasteiger partial charge in [-0.3, -0.25) is 20.2 Å². The fourth-order valence-electron chi connectivity index (χ4n) is 3.02. The van der Waals surface area contributed by atoms with E-state index in [-0.39, 0.29) is 29.3 Å². The minimum atomic E-state index is -0.566. The van der Waals surface area contributed by atoms with Crippen LogP contribution >= 0.6 is 31.9 Å². The molecule has 0 aromatic heterocycles. The minimum Gasteiger partial charge on any atom is -0.508 e. The van der Waals surface area contributed by atoms with Crippen molar-refractivity contribution in [1.82, 2.24) is 0 Å². The van der Waals surface area contributed by atoms with Crippen molar-refractivity contribution in [3.63, 3.8) is 0 Å². The van der Waals surface area contributed by atoms with E-state index in [0.29, 0.717) is 27.9 Å². The van der Waals surface area contributed by atoms with Gasteiger partial charge < -0.3 is 24.4 Å². The summed E-state index contributed by atoms with van der Waals surface area (Å²) < 4.78 is 16.7. The molecule has 2 aromatic carbocycles. The van der Waals surface area contributed by atoms with Crippen LogP contribution in [0.25, 0.3) is 0 Å². The number of aliphatic hydroxyl groups excluding tert-OH is 1. The second-order valence-corrected chi connectivity index (χ2v) is 9.24. The van der Waals surface area contributed by atoms with E-state index in [1.807, 2.05) is 0 Å². The Morgan fingerprint density at radius 3 is 1.77 bits per heavy atom. The predicted octanol–water partition coefficient (Wildman–Crippen LogP) is 5.14. The van der Waals surface area contributed by atoms with Crippen molar-refractivity contribution in [3.8, 4) is 11.5 Å². The molecule has 2 aliphatic heterocycles. The van der Waals surface area contributed by atoms with Gasteiger partial charge in [0.2, 0.25) is 0 Å². The minimum absolute atomic E-state index is 0.0227. The summed E-state index contributed by atoms with van der Waals surface area (Å²) in [6, 6.07) is 8.69. The average Bonchev–Trinajstić information content (AvgIpc) is 2.83. The van der Waals surface area contributed by atoms with Gasteiger partial charge in [0.1, 0.15) is 17.6 Å². The fraction of sp³-hybridized carbons (Fsp3) is 0.455. The number of nitro groups is 2. The third kappa shape index (κ3) is 10.4. The Bertz CT molecular complexity index is 981. The van der Waals surface area contributed by atoms with Crippen molar-refractivity contribution in [2.24, 2.45) is 0 Å². The van der Waals surface area contributed by atoms with Crippen LogP contribution in [-0.2, 0) is 9.47 Å². The van der Waals surface area contributed by atoms with E-state index in [2.05, 4.69) is 31.9 Å². The third-order valence-corrected chi connectivity index (χ3v) is 6.24. The number of ether oxygens (including phenoxy) is 3. The molecule has 0 bridgehead atoms. The molecule has 4 rings (SSSR count). The molecule has 0 aliphatic carbocycles. The smallest absolute Gasteiger partial charge is 0.287 e. The maximum atomic E-state index is 10.8. The maximum absolute atomic E-state index is 10.8. The number of phenolic OH excluding ortho intramolecular Hbond substituents is 1. The summed E-state index contributed by atoms with van der Waals surface area (Å²) in [4.78, 5) is 20.0. The average molecular weight is 622 g/mol. The summed E-state index contributed by atoms with van der Waals surface area (Å²) in [5, 5.41) is 38.7. The zero-order chi connectivity index (χ0) is 25.8. The van der Waals surface area contributed by atoms with Crippen LogP contribution in [0.4, 0.5) is 11.4 Å². The van der Waals surface area contributed by atoms with Crippen molar-refractivity contribution in [2.75, 3.05) is 26.4 Å². The Morgan fingerprint density at radius 2 is 1.31 bits per heavy atom. The van der Waals surface area contributed by atoms with Gasteiger partial charge in [-0.05, 0) is 69.0 Å². The number of hydrogen-bond acceptors (Lipinski definition) is 9. The summed E-state index contributed by atoms with van der Waals surface area (Å²) in [5.74, 6) is 0.423. The van der Waals surface area contributed by atoms with Gasteiger partial charge in [-0.1, -0.05) is 0 Å². The Morgan fingerprint density at radius 1 is 0.829 bits per heavy atom. The fourth-order valence-corrected chi connectivity index (χ4v) is 3.80. The highest BCUT2D eigenvalue weighted by Gasteiger charge is 2.18. The normalized spacial score (nSPS) is 16.2. The molecule has 2 N–H and O–H groups in total. The molecule has 192 valence electrons. The Balaban J connectivity index is 0.000000205. The Kier molecular flexibility index (Phi) is 12.3. The third-order valence-electron chi connectivity index (χ3n) is 4.90. The summed E-state index contributed by atoms with van der Waals surface area (Å²) in [6.07, 6.45) is 3.28. The van der Waals surface area contributed by atoms with Crippen LogP contribution in [0.15, 0.2) is 45.3 Å². The SMILES string of the molecule is O=[N+]([O-])c1cc(O)ccc1Br.O=[N+]([O-])c1cc(OC2CCOCC2)ccc1Br.OC1CCOCC1. The number of halogens is 2. The number of rotatable bonds is 4.